The lowest BCUT2D eigenvalue weighted by atomic mass is 10.1. The second-order valence-corrected chi connectivity index (χ2v) is 9.48. The van der Waals surface area contributed by atoms with Gasteiger partial charge in [-0.15, -0.1) is 0 Å². The topological polar surface area (TPSA) is 66.5 Å². The molecule has 0 aliphatic carbocycles. The third kappa shape index (κ3) is 5.92. The smallest absolute Gasteiger partial charge is 0.251 e. The molecule has 1 N–H and O–H groups in total. The second-order valence-electron chi connectivity index (χ2n) is 7.57. The Bertz CT molecular complexity index is 1190. The van der Waals surface area contributed by atoms with Crippen molar-refractivity contribution >= 4 is 21.6 Å². The van der Waals surface area contributed by atoms with Gasteiger partial charge in [0.2, 0.25) is 10.0 Å². The van der Waals surface area contributed by atoms with Crippen LogP contribution in [-0.2, 0) is 23.1 Å². The highest BCUT2D eigenvalue weighted by atomic mass is 32.2. The van der Waals surface area contributed by atoms with Gasteiger partial charge in [-0.05, 0) is 66.4 Å². The van der Waals surface area contributed by atoms with Gasteiger partial charge in [-0.3, -0.25) is 9.10 Å². The lowest BCUT2D eigenvalue weighted by Crippen LogP contribution is -2.30. The van der Waals surface area contributed by atoms with E-state index >= 15 is 0 Å². The highest BCUT2D eigenvalue weighted by Crippen LogP contribution is 2.26. The van der Waals surface area contributed by atoms with E-state index in [9.17, 15) is 17.6 Å². The molecule has 0 fully saturated rings. The fourth-order valence-corrected chi connectivity index (χ4v) is 4.17. The number of carbonyl (C=O) groups excluding carboxylic acids is 1. The molecule has 1 amide bonds. The number of sulfonamides is 1. The maximum Gasteiger partial charge on any atom is 0.251 e. The van der Waals surface area contributed by atoms with Crippen molar-refractivity contribution in [2.24, 2.45) is 0 Å². The fraction of sp³-hybridized carbons (Fsp3) is 0.208. The highest BCUT2D eigenvalue weighted by Gasteiger charge is 2.20. The summed E-state index contributed by atoms with van der Waals surface area (Å²) in [5, 5.41) is 2.75. The first-order valence-electron chi connectivity index (χ1n) is 9.80. The van der Waals surface area contributed by atoms with Crippen LogP contribution in [0.25, 0.3) is 0 Å². The molecular formula is C24H25FN2O3S. The maximum atomic E-state index is 13.3. The largest absolute Gasteiger partial charge is 0.348 e. The number of anilines is 1. The van der Waals surface area contributed by atoms with Gasteiger partial charge in [0, 0.05) is 12.1 Å². The van der Waals surface area contributed by atoms with E-state index in [1.165, 1.54) is 22.7 Å². The van der Waals surface area contributed by atoms with Gasteiger partial charge in [0.25, 0.3) is 5.91 Å². The molecule has 3 aromatic carbocycles. The Morgan fingerprint density at radius 3 is 2.32 bits per heavy atom. The zero-order valence-corrected chi connectivity index (χ0v) is 18.5. The van der Waals surface area contributed by atoms with Crippen LogP contribution in [0.4, 0.5) is 10.1 Å². The van der Waals surface area contributed by atoms with E-state index in [4.69, 9.17) is 0 Å². The summed E-state index contributed by atoms with van der Waals surface area (Å²) < 4.78 is 39.5. The second kappa shape index (κ2) is 9.31. The van der Waals surface area contributed by atoms with E-state index < -0.39 is 10.0 Å². The van der Waals surface area contributed by atoms with Crippen molar-refractivity contribution < 1.29 is 17.6 Å². The molecule has 0 saturated heterocycles. The van der Waals surface area contributed by atoms with Crippen LogP contribution >= 0.6 is 0 Å². The first-order chi connectivity index (χ1) is 14.6. The average Bonchev–Trinajstić information content (AvgIpc) is 2.72. The Labute approximate surface area is 182 Å². The molecule has 5 nitrogen and oxygen atoms in total. The molecule has 31 heavy (non-hydrogen) atoms. The number of benzene rings is 3. The number of rotatable bonds is 7. The molecular weight excluding hydrogens is 415 g/mol. The van der Waals surface area contributed by atoms with Crippen LogP contribution in [-0.4, -0.2) is 20.6 Å². The third-order valence-electron chi connectivity index (χ3n) is 4.92. The van der Waals surface area contributed by atoms with Crippen LogP contribution in [0.2, 0.25) is 0 Å². The molecule has 0 spiro atoms. The Kier molecular flexibility index (Phi) is 6.75. The summed E-state index contributed by atoms with van der Waals surface area (Å²) >= 11 is 0. The van der Waals surface area contributed by atoms with Crippen molar-refractivity contribution in [3.63, 3.8) is 0 Å². The average molecular weight is 441 g/mol. The number of amides is 1. The van der Waals surface area contributed by atoms with Crippen LogP contribution in [0.3, 0.4) is 0 Å². The van der Waals surface area contributed by atoms with Crippen molar-refractivity contribution in [2.45, 2.75) is 26.9 Å². The van der Waals surface area contributed by atoms with E-state index in [0.29, 0.717) is 16.8 Å². The summed E-state index contributed by atoms with van der Waals surface area (Å²) in [6, 6.07) is 18.5. The summed E-state index contributed by atoms with van der Waals surface area (Å²) in [4.78, 5) is 12.4. The van der Waals surface area contributed by atoms with Crippen molar-refractivity contribution in [1.29, 1.82) is 0 Å². The summed E-state index contributed by atoms with van der Waals surface area (Å²) in [5.74, 6) is -0.638. The lowest BCUT2D eigenvalue weighted by Gasteiger charge is -2.25. The monoisotopic (exact) mass is 440 g/mol. The normalized spacial score (nSPS) is 11.2. The fourth-order valence-electron chi connectivity index (χ4n) is 3.23. The number of carbonyl (C=O) groups is 1. The first kappa shape index (κ1) is 22.5. The number of halogens is 1. The van der Waals surface area contributed by atoms with Gasteiger partial charge in [0.15, 0.2) is 0 Å². The van der Waals surface area contributed by atoms with Gasteiger partial charge in [-0.25, -0.2) is 12.8 Å². The maximum absolute atomic E-state index is 13.3. The summed E-state index contributed by atoms with van der Waals surface area (Å²) in [7, 11) is -3.50. The highest BCUT2D eigenvalue weighted by molar-refractivity contribution is 7.92. The summed E-state index contributed by atoms with van der Waals surface area (Å²) in [6.45, 7) is 4.17. The van der Waals surface area contributed by atoms with Crippen LogP contribution < -0.4 is 9.62 Å². The SMILES string of the molecule is Cc1ccc(C)c(N(Cc2ccc(C(=O)NCc3cccc(F)c3)cc2)S(C)(=O)=O)c1. The zero-order chi connectivity index (χ0) is 22.6. The number of nitrogens with one attached hydrogen (secondary N) is 1. The van der Waals surface area contributed by atoms with E-state index in [2.05, 4.69) is 5.32 Å². The Hall–Kier alpha value is -3.19. The number of hydrogen-bond acceptors (Lipinski definition) is 3. The molecule has 0 aromatic heterocycles. The molecule has 0 saturated carbocycles. The Morgan fingerprint density at radius 1 is 0.968 bits per heavy atom. The minimum absolute atomic E-state index is 0.161. The summed E-state index contributed by atoms with van der Waals surface area (Å²) in [6.07, 6.45) is 1.18. The van der Waals surface area contributed by atoms with Gasteiger partial charge in [0.05, 0.1) is 18.5 Å². The summed E-state index contributed by atoms with van der Waals surface area (Å²) in [5.41, 5.74) is 4.34. The molecule has 0 bridgehead atoms. The Morgan fingerprint density at radius 2 is 1.68 bits per heavy atom. The van der Waals surface area contributed by atoms with Crippen LogP contribution in [0.15, 0.2) is 66.7 Å². The predicted molar refractivity (Wildman–Crippen MR) is 121 cm³/mol. The molecule has 0 radical (unpaired) electrons. The molecule has 0 aliphatic heterocycles. The van der Waals surface area contributed by atoms with Gasteiger partial charge in [0.1, 0.15) is 5.82 Å². The Balaban J connectivity index is 1.73. The standard InChI is InChI=1S/C24H25FN2O3S/c1-17-7-8-18(2)23(13-17)27(31(3,29)30)16-19-9-11-21(12-10-19)24(28)26-15-20-5-4-6-22(25)14-20/h4-14H,15-16H2,1-3H3,(H,26,28). The molecule has 162 valence electrons. The third-order valence-corrected chi connectivity index (χ3v) is 6.04. The minimum Gasteiger partial charge on any atom is -0.348 e. The van der Waals surface area contributed by atoms with Crippen LogP contribution in [0, 0.1) is 19.7 Å². The number of hydrogen-bond donors (Lipinski definition) is 1. The minimum atomic E-state index is -3.50. The van der Waals surface area contributed by atoms with Crippen LogP contribution in [0.5, 0.6) is 0 Å². The van der Waals surface area contributed by atoms with Crippen molar-refractivity contribution in [2.75, 3.05) is 10.6 Å². The lowest BCUT2D eigenvalue weighted by molar-refractivity contribution is 0.0951. The van der Waals surface area contributed by atoms with Gasteiger partial charge in [-0.2, -0.15) is 0 Å². The quantitative estimate of drug-likeness (QED) is 0.594. The molecule has 0 heterocycles. The molecule has 3 rings (SSSR count). The molecule has 7 heteroatoms. The van der Waals surface area contributed by atoms with Gasteiger partial charge < -0.3 is 5.32 Å². The van der Waals surface area contributed by atoms with Crippen molar-refractivity contribution in [3.05, 3.63) is 100 Å². The molecule has 0 unspecified atom stereocenters. The first-order valence-corrected chi connectivity index (χ1v) is 11.6. The molecule has 3 aromatic rings. The van der Waals surface area contributed by atoms with E-state index in [-0.39, 0.29) is 24.8 Å². The molecule has 0 aliphatic rings. The van der Waals surface area contributed by atoms with E-state index in [1.807, 2.05) is 32.0 Å². The number of nitrogens with zero attached hydrogens (tertiary/aromatic N) is 1. The van der Waals surface area contributed by atoms with Crippen LogP contribution in [0.1, 0.15) is 32.6 Å². The van der Waals surface area contributed by atoms with Crippen molar-refractivity contribution in [3.8, 4) is 0 Å². The van der Waals surface area contributed by atoms with Gasteiger partial charge >= 0.3 is 0 Å². The predicted octanol–water partition coefficient (Wildman–Crippen LogP) is 4.34. The van der Waals surface area contributed by atoms with Crippen molar-refractivity contribution in [1.82, 2.24) is 5.32 Å². The van der Waals surface area contributed by atoms with E-state index in [0.717, 1.165) is 16.7 Å². The zero-order valence-electron chi connectivity index (χ0n) is 17.7. The number of aryl methyl sites for hydroxylation is 2. The van der Waals surface area contributed by atoms with Gasteiger partial charge in [-0.1, -0.05) is 36.4 Å². The van der Waals surface area contributed by atoms with E-state index in [1.54, 1.807) is 36.4 Å². The molecule has 0 atom stereocenters.